The van der Waals surface area contributed by atoms with Crippen LogP contribution in [-0.2, 0) is 4.79 Å². The monoisotopic (exact) mass is 240 g/mol. The van der Waals surface area contributed by atoms with Gasteiger partial charge in [-0.25, -0.2) is 0 Å². The van der Waals surface area contributed by atoms with E-state index in [1.54, 1.807) is 0 Å². The predicted molar refractivity (Wildman–Crippen MR) is 50.7 cm³/mol. The number of hydrogen-bond donors (Lipinski definition) is 3. The van der Waals surface area contributed by atoms with Crippen molar-refractivity contribution in [3.8, 4) is 0 Å². The minimum absolute atomic E-state index is 0.436. The standard InChI is InChI=1S/C9H15F3N2O2/c10-9(11,12)7(15)5-14-8(16)6-3-1-2-4-13-6/h6-7,13,15H,1-5H2,(H,14,16). The molecule has 1 heterocycles. The van der Waals surface area contributed by atoms with E-state index >= 15 is 0 Å². The molecule has 0 aromatic carbocycles. The fraction of sp³-hybridized carbons (Fsp3) is 0.889. The fourth-order valence-electron chi connectivity index (χ4n) is 1.51. The third-order valence-electron chi connectivity index (χ3n) is 2.47. The third kappa shape index (κ3) is 3.97. The molecule has 3 N–H and O–H groups in total. The van der Waals surface area contributed by atoms with Crippen LogP contribution >= 0.6 is 0 Å². The normalized spacial score (nSPS) is 23.9. The summed E-state index contributed by atoms with van der Waals surface area (Å²) < 4.78 is 35.8. The van der Waals surface area contributed by atoms with Crippen molar-refractivity contribution in [3.05, 3.63) is 0 Å². The summed E-state index contributed by atoms with van der Waals surface area (Å²) in [4.78, 5) is 11.4. The van der Waals surface area contributed by atoms with Gasteiger partial charge in [0, 0.05) is 0 Å². The van der Waals surface area contributed by atoms with Gasteiger partial charge in [-0.15, -0.1) is 0 Å². The molecule has 0 aliphatic carbocycles. The van der Waals surface area contributed by atoms with Gasteiger partial charge in [0.1, 0.15) is 0 Å². The molecule has 1 rings (SSSR count). The molecule has 94 valence electrons. The first-order valence-electron chi connectivity index (χ1n) is 5.17. The van der Waals surface area contributed by atoms with Crippen molar-refractivity contribution < 1.29 is 23.1 Å². The van der Waals surface area contributed by atoms with Crippen LogP contribution < -0.4 is 10.6 Å². The molecule has 0 saturated carbocycles. The van der Waals surface area contributed by atoms with Crippen LogP contribution in [0.3, 0.4) is 0 Å². The van der Waals surface area contributed by atoms with Crippen LogP contribution in [0.15, 0.2) is 0 Å². The van der Waals surface area contributed by atoms with Crippen molar-refractivity contribution in [1.82, 2.24) is 10.6 Å². The number of nitrogens with one attached hydrogen (secondary N) is 2. The third-order valence-corrected chi connectivity index (χ3v) is 2.47. The largest absolute Gasteiger partial charge is 0.416 e. The maximum Gasteiger partial charge on any atom is 0.416 e. The molecule has 2 atom stereocenters. The first-order valence-corrected chi connectivity index (χ1v) is 5.17. The molecule has 0 bridgehead atoms. The fourth-order valence-corrected chi connectivity index (χ4v) is 1.51. The molecule has 1 saturated heterocycles. The van der Waals surface area contributed by atoms with Gasteiger partial charge < -0.3 is 15.7 Å². The number of amides is 1. The van der Waals surface area contributed by atoms with Crippen LogP contribution in [0.5, 0.6) is 0 Å². The Balaban J connectivity index is 2.29. The summed E-state index contributed by atoms with van der Waals surface area (Å²) in [5.41, 5.74) is 0. The molecule has 1 aliphatic heterocycles. The Kier molecular flexibility index (Phi) is 4.55. The molecule has 0 radical (unpaired) electrons. The number of aliphatic hydroxyl groups excluding tert-OH is 1. The first kappa shape index (κ1) is 13.2. The zero-order chi connectivity index (χ0) is 12.2. The van der Waals surface area contributed by atoms with E-state index < -0.39 is 30.8 Å². The first-order chi connectivity index (χ1) is 7.41. The van der Waals surface area contributed by atoms with Gasteiger partial charge in [0.15, 0.2) is 6.10 Å². The minimum Gasteiger partial charge on any atom is -0.382 e. The van der Waals surface area contributed by atoms with E-state index in [2.05, 4.69) is 10.6 Å². The lowest BCUT2D eigenvalue weighted by Crippen LogP contribution is -2.50. The van der Waals surface area contributed by atoms with Crippen molar-refractivity contribution >= 4 is 5.91 Å². The van der Waals surface area contributed by atoms with Crippen LogP contribution in [0.4, 0.5) is 13.2 Å². The summed E-state index contributed by atoms with van der Waals surface area (Å²) in [6.45, 7) is -0.0968. The van der Waals surface area contributed by atoms with Crippen molar-refractivity contribution in [1.29, 1.82) is 0 Å². The second-order valence-corrected chi connectivity index (χ2v) is 3.81. The quantitative estimate of drug-likeness (QED) is 0.659. The van der Waals surface area contributed by atoms with Gasteiger partial charge in [-0.3, -0.25) is 4.79 Å². The SMILES string of the molecule is O=C(NCC(O)C(F)(F)F)C1CCCCN1. The van der Waals surface area contributed by atoms with Gasteiger partial charge in [0.2, 0.25) is 5.91 Å². The zero-order valence-corrected chi connectivity index (χ0v) is 8.68. The minimum atomic E-state index is -4.69. The Morgan fingerprint density at radius 2 is 2.19 bits per heavy atom. The summed E-state index contributed by atoms with van der Waals surface area (Å²) in [7, 11) is 0. The molecule has 1 aliphatic rings. The van der Waals surface area contributed by atoms with E-state index in [9.17, 15) is 18.0 Å². The van der Waals surface area contributed by atoms with Crippen molar-refractivity contribution in [3.63, 3.8) is 0 Å². The molecule has 0 aromatic rings. The van der Waals surface area contributed by atoms with Gasteiger partial charge in [-0.1, -0.05) is 6.42 Å². The highest BCUT2D eigenvalue weighted by molar-refractivity contribution is 5.81. The molecular weight excluding hydrogens is 225 g/mol. The topological polar surface area (TPSA) is 61.4 Å². The maximum absolute atomic E-state index is 11.9. The van der Waals surface area contributed by atoms with Gasteiger partial charge in [-0.05, 0) is 19.4 Å². The number of alkyl halides is 3. The van der Waals surface area contributed by atoms with E-state index in [1.807, 2.05) is 0 Å². The number of rotatable bonds is 3. The number of carbonyl (C=O) groups excluding carboxylic acids is 1. The Bertz CT molecular complexity index is 239. The van der Waals surface area contributed by atoms with Crippen LogP contribution in [0, 0.1) is 0 Å². The lowest BCUT2D eigenvalue weighted by atomic mass is 10.0. The predicted octanol–water partition coefficient (Wildman–Crippen LogP) is 0.168. The average Bonchev–Trinajstić information content (AvgIpc) is 2.25. The molecule has 16 heavy (non-hydrogen) atoms. The number of carbonyl (C=O) groups is 1. The maximum atomic E-state index is 11.9. The smallest absolute Gasteiger partial charge is 0.382 e. The summed E-state index contributed by atoms with van der Waals surface area (Å²) in [6, 6.07) is -0.436. The summed E-state index contributed by atoms with van der Waals surface area (Å²) >= 11 is 0. The lowest BCUT2D eigenvalue weighted by Gasteiger charge is -2.23. The van der Waals surface area contributed by atoms with Crippen LogP contribution in [0.1, 0.15) is 19.3 Å². The number of aliphatic hydroxyl groups is 1. The van der Waals surface area contributed by atoms with Crippen molar-refractivity contribution in [2.24, 2.45) is 0 Å². The molecule has 0 aromatic heterocycles. The molecule has 1 fully saturated rings. The van der Waals surface area contributed by atoms with Gasteiger partial charge in [0.25, 0.3) is 0 Å². The van der Waals surface area contributed by atoms with Gasteiger partial charge in [-0.2, -0.15) is 13.2 Å². The molecule has 2 unspecified atom stereocenters. The Morgan fingerprint density at radius 1 is 1.50 bits per heavy atom. The highest BCUT2D eigenvalue weighted by Gasteiger charge is 2.38. The van der Waals surface area contributed by atoms with Gasteiger partial charge in [0.05, 0.1) is 12.6 Å². The molecule has 1 amide bonds. The van der Waals surface area contributed by atoms with Gasteiger partial charge >= 0.3 is 6.18 Å². The average molecular weight is 240 g/mol. The number of halogens is 3. The molecular formula is C9H15F3N2O2. The van der Waals surface area contributed by atoms with Crippen LogP contribution in [0.2, 0.25) is 0 Å². The number of piperidine rings is 1. The summed E-state index contributed by atoms with van der Waals surface area (Å²) in [5, 5.41) is 13.7. The van der Waals surface area contributed by atoms with E-state index in [1.165, 1.54) is 0 Å². The Labute approximate surface area is 91.2 Å². The molecule has 7 heteroatoms. The van der Waals surface area contributed by atoms with Crippen LogP contribution in [-0.4, -0.2) is 42.4 Å². The number of hydrogen-bond acceptors (Lipinski definition) is 3. The highest BCUT2D eigenvalue weighted by Crippen LogP contribution is 2.19. The lowest BCUT2D eigenvalue weighted by molar-refractivity contribution is -0.201. The summed E-state index contributed by atoms with van der Waals surface area (Å²) in [6.07, 6.45) is -4.72. The second-order valence-electron chi connectivity index (χ2n) is 3.81. The second kappa shape index (κ2) is 5.49. The highest BCUT2D eigenvalue weighted by atomic mass is 19.4. The summed E-state index contributed by atoms with van der Waals surface area (Å²) in [5.74, 6) is -0.483. The van der Waals surface area contributed by atoms with E-state index in [0.29, 0.717) is 13.0 Å². The van der Waals surface area contributed by atoms with Crippen LogP contribution in [0.25, 0.3) is 0 Å². The molecule has 4 nitrogen and oxygen atoms in total. The van der Waals surface area contributed by atoms with Crippen molar-refractivity contribution in [2.45, 2.75) is 37.6 Å². The molecule has 0 spiro atoms. The van der Waals surface area contributed by atoms with Crippen molar-refractivity contribution in [2.75, 3.05) is 13.1 Å². The van der Waals surface area contributed by atoms with E-state index in [4.69, 9.17) is 5.11 Å². The Morgan fingerprint density at radius 3 is 2.69 bits per heavy atom. The van der Waals surface area contributed by atoms with E-state index in [0.717, 1.165) is 12.8 Å². The Hall–Kier alpha value is -0.820. The van der Waals surface area contributed by atoms with E-state index in [-0.39, 0.29) is 0 Å². The zero-order valence-electron chi connectivity index (χ0n) is 8.68.